The molecule has 51 heavy (non-hydrogen) atoms. The lowest BCUT2D eigenvalue weighted by Crippen LogP contribution is -2.11. The number of aromatic nitrogens is 3. The van der Waals surface area contributed by atoms with E-state index < -0.39 is 5.82 Å². The Morgan fingerprint density at radius 2 is 1.37 bits per heavy atom. The number of halogens is 1. The summed E-state index contributed by atoms with van der Waals surface area (Å²) in [5.41, 5.74) is 2.89. The highest BCUT2D eigenvalue weighted by atomic mass is 19.1. The van der Waals surface area contributed by atoms with Crippen LogP contribution in [0.1, 0.15) is 18.5 Å². The molecule has 0 N–H and O–H groups in total. The van der Waals surface area contributed by atoms with Gasteiger partial charge in [0.2, 0.25) is 0 Å². The number of hydrogen-bond donors (Lipinski definition) is 0. The van der Waals surface area contributed by atoms with Crippen LogP contribution in [0.5, 0.6) is 11.5 Å². The molecule has 0 atom stereocenters. The van der Waals surface area contributed by atoms with Crippen molar-refractivity contribution in [2.24, 2.45) is 0 Å². The fraction of sp³-hybridized carbons (Fsp3) is 0.200. The SMILES string of the molecule is O=c1cc(-c2ccccc2)oc2cc(OCCCCc3cn(CCOCCOc4ccc(-c5cc(=O)c6cc(F)ccc6o5)cc4)nn3)ccc12. The van der Waals surface area contributed by atoms with Crippen molar-refractivity contribution < 1.29 is 27.4 Å². The first-order valence-corrected chi connectivity index (χ1v) is 16.7. The van der Waals surface area contributed by atoms with Crippen LogP contribution in [0, 0.1) is 5.82 Å². The van der Waals surface area contributed by atoms with Gasteiger partial charge in [-0.3, -0.25) is 9.59 Å². The zero-order valence-corrected chi connectivity index (χ0v) is 27.6. The molecule has 3 heterocycles. The summed E-state index contributed by atoms with van der Waals surface area (Å²) >= 11 is 0. The Labute approximate surface area is 291 Å². The maximum atomic E-state index is 13.5. The second-order valence-electron chi connectivity index (χ2n) is 11.9. The summed E-state index contributed by atoms with van der Waals surface area (Å²) in [6.45, 7) is 2.31. The third-order valence-electron chi connectivity index (χ3n) is 8.23. The van der Waals surface area contributed by atoms with Crippen LogP contribution in [0.25, 0.3) is 44.6 Å². The molecule has 7 rings (SSSR count). The molecular weight excluding hydrogens is 653 g/mol. The van der Waals surface area contributed by atoms with Crippen LogP contribution in [0.15, 0.2) is 128 Å². The summed E-state index contributed by atoms with van der Waals surface area (Å²) in [7, 11) is 0. The minimum absolute atomic E-state index is 0.0895. The second kappa shape index (κ2) is 15.6. The fourth-order valence-corrected chi connectivity index (χ4v) is 5.60. The second-order valence-corrected chi connectivity index (χ2v) is 11.9. The minimum Gasteiger partial charge on any atom is -0.493 e. The summed E-state index contributed by atoms with van der Waals surface area (Å²) in [6.07, 6.45) is 4.41. The number of ether oxygens (including phenoxy) is 3. The van der Waals surface area contributed by atoms with E-state index in [4.69, 9.17) is 23.0 Å². The standard InChI is InChI=1S/C40H34FN3O7/c41-29-11-16-37-34(22-29)36(46)25-39(50-37)28-9-12-31(13-10-28)49-21-20-47-19-17-44-26-30(42-43-44)8-4-5-18-48-32-14-15-33-35(45)24-38(51-40(33)23-32)27-6-2-1-3-7-27/h1-3,6-7,9-16,22-26H,4-5,8,17-21H2. The number of unbranched alkanes of at least 4 members (excludes halogenated alkanes) is 1. The molecule has 3 aromatic heterocycles. The third-order valence-corrected chi connectivity index (χ3v) is 8.23. The molecule has 0 saturated carbocycles. The molecule has 7 aromatic rings. The zero-order chi connectivity index (χ0) is 35.0. The van der Waals surface area contributed by atoms with Gasteiger partial charge in [-0.1, -0.05) is 35.5 Å². The van der Waals surface area contributed by atoms with Crippen molar-refractivity contribution in [3.63, 3.8) is 0 Å². The quantitative estimate of drug-likeness (QED) is 0.101. The maximum Gasteiger partial charge on any atom is 0.193 e. The van der Waals surface area contributed by atoms with Gasteiger partial charge in [-0.15, -0.1) is 5.10 Å². The fourth-order valence-electron chi connectivity index (χ4n) is 5.60. The van der Waals surface area contributed by atoms with Gasteiger partial charge in [0.05, 0.1) is 42.8 Å². The lowest BCUT2D eigenvalue weighted by molar-refractivity contribution is 0.0923. The van der Waals surface area contributed by atoms with Crippen LogP contribution < -0.4 is 20.3 Å². The van der Waals surface area contributed by atoms with Gasteiger partial charge in [0.1, 0.15) is 46.6 Å². The van der Waals surface area contributed by atoms with Crippen LogP contribution >= 0.6 is 0 Å². The van der Waals surface area contributed by atoms with E-state index in [1.165, 1.54) is 30.3 Å². The number of aryl methyl sites for hydroxylation is 1. The van der Waals surface area contributed by atoms with E-state index in [0.717, 1.165) is 30.5 Å². The summed E-state index contributed by atoms with van der Waals surface area (Å²) in [6, 6.07) is 28.8. The first-order valence-electron chi connectivity index (χ1n) is 16.7. The average Bonchev–Trinajstić information content (AvgIpc) is 3.61. The topological polar surface area (TPSA) is 119 Å². The Morgan fingerprint density at radius 3 is 2.20 bits per heavy atom. The number of benzene rings is 4. The maximum absolute atomic E-state index is 13.5. The van der Waals surface area contributed by atoms with Crippen molar-refractivity contribution in [1.82, 2.24) is 15.0 Å². The monoisotopic (exact) mass is 687 g/mol. The molecule has 4 aromatic carbocycles. The number of rotatable bonds is 15. The van der Waals surface area contributed by atoms with E-state index in [2.05, 4.69) is 10.3 Å². The molecular formula is C40H34FN3O7. The molecule has 258 valence electrons. The Balaban J connectivity index is 0.789. The average molecular weight is 688 g/mol. The van der Waals surface area contributed by atoms with E-state index >= 15 is 0 Å². The Hall–Kier alpha value is -6.07. The normalized spacial score (nSPS) is 11.3. The molecule has 0 radical (unpaired) electrons. The molecule has 11 heteroatoms. The Morgan fingerprint density at radius 1 is 0.647 bits per heavy atom. The van der Waals surface area contributed by atoms with Gasteiger partial charge in [-0.2, -0.15) is 0 Å². The summed E-state index contributed by atoms with van der Waals surface area (Å²) in [5.74, 6) is 1.74. The lowest BCUT2D eigenvalue weighted by Gasteiger charge is -2.08. The molecule has 0 unspecified atom stereocenters. The van der Waals surface area contributed by atoms with Crippen molar-refractivity contribution in [3.05, 3.63) is 141 Å². The van der Waals surface area contributed by atoms with Crippen LogP contribution in [-0.2, 0) is 17.7 Å². The van der Waals surface area contributed by atoms with E-state index in [0.29, 0.717) is 78.1 Å². The van der Waals surface area contributed by atoms with Crippen LogP contribution in [-0.4, -0.2) is 41.4 Å². The van der Waals surface area contributed by atoms with Crippen molar-refractivity contribution in [3.8, 4) is 34.1 Å². The first kappa shape index (κ1) is 33.4. The van der Waals surface area contributed by atoms with Gasteiger partial charge in [-0.05, 0) is 73.9 Å². The number of hydrogen-bond acceptors (Lipinski definition) is 9. The minimum atomic E-state index is -0.483. The van der Waals surface area contributed by atoms with Crippen molar-refractivity contribution in [2.75, 3.05) is 26.4 Å². The third kappa shape index (κ3) is 8.39. The van der Waals surface area contributed by atoms with Crippen molar-refractivity contribution in [1.29, 1.82) is 0 Å². The molecule has 10 nitrogen and oxygen atoms in total. The number of nitrogens with zero attached hydrogens (tertiary/aromatic N) is 3. The largest absolute Gasteiger partial charge is 0.493 e. The van der Waals surface area contributed by atoms with Gasteiger partial charge in [0.15, 0.2) is 10.9 Å². The van der Waals surface area contributed by atoms with Gasteiger partial charge >= 0.3 is 0 Å². The van der Waals surface area contributed by atoms with E-state index in [-0.39, 0.29) is 16.2 Å². The molecule has 0 bridgehead atoms. The highest BCUT2D eigenvalue weighted by Crippen LogP contribution is 2.26. The lowest BCUT2D eigenvalue weighted by atomic mass is 10.1. The molecule has 0 saturated heterocycles. The van der Waals surface area contributed by atoms with Crippen LogP contribution in [0.3, 0.4) is 0 Å². The number of fused-ring (bicyclic) bond motifs is 2. The zero-order valence-electron chi connectivity index (χ0n) is 27.6. The van der Waals surface area contributed by atoms with Gasteiger partial charge in [-0.25, -0.2) is 9.07 Å². The molecule has 0 fully saturated rings. The van der Waals surface area contributed by atoms with Crippen LogP contribution in [0.4, 0.5) is 4.39 Å². The first-order chi connectivity index (χ1) is 25.0. The highest BCUT2D eigenvalue weighted by molar-refractivity contribution is 5.80. The molecule has 0 amide bonds. The van der Waals surface area contributed by atoms with E-state index in [1.807, 2.05) is 36.5 Å². The highest BCUT2D eigenvalue weighted by Gasteiger charge is 2.10. The van der Waals surface area contributed by atoms with Crippen molar-refractivity contribution in [2.45, 2.75) is 25.8 Å². The predicted octanol–water partition coefficient (Wildman–Crippen LogP) is 7.46. The molecule has 0 aliphatic heterocycles. The Kier molecular flexibility index (Phi) is 10.3. The Bertz CT molecular complexity index is 2370. The van der Waals surface area contributed by atoms with E-state index in [1.54, 1.807) is 47.1 Å². The van der Waals surface area contributed by atoms with Crippen LogP contribution in [0.2, 0.25) is 0 Å². The summed E-state index contributed by atoms with van der Waals surface area (Å²) < 4.78 is 44.5. The van der Waals surface area contributed by atoms with E-state index in [9.17, 15) is 14.0 Å². The molecule has 0 spiro atoms. The van der Waals surface area contributed by atoms with Gasteiger partial charge < -0.3 is 23.0 Å². The van der Waals surface area contributed by atoms with Crippen molar-refractivity contribution >= 4 is 21.9 Å². The predicted molar refractivity (Wildman–Crippen MR) is 191 cm³/mol. The molecule has 0 aliphatic rings. The summed E-state index contributed by atoms with van der Waals surface area (Å²) in [5, 5.41) is 9.19. The summed E-state index contributed by atoms with van der Waals surface area (Å²) in [4.78, 5) is 25.0. The molecule has 0 aliphatic carbocycles. The smallest absolute Gasteiger partial charge is 0.193 e. The van der Waals surface area contributed by atoms with Gasteiger partial charge in [0.25, 0.3) is 0 Å². The van der Waals surface area contributed by atoms with Gasteiger partial charge in [0, 0.05) is 35.5 Å².